The van der Waals surface area contributed by atoms with Crippen molar-refractivity contribution in [3.8, 4) is 11.3 Å². The highest BCUT2D eigenvalue weighted by atomic mass is 16.5. The summed E-state index contributed by atoms with van der Waals surface area (Å²) in [7, 11) is 0. The van der Waals surface area contributed by atoms with Crippen molar-refractivity contribution in [3.05, 3.63) is 33.9 Å². The molecule has 0 saturated carbocycles. The molecule has 1 N–H and O–H groups in total. The van der Waals surface area contributed by atoms with Gasteiger partial charge < -0.3 is 9.42 Å². The van der Waals surface area contributed by atoms with Crippen LogP contribution in [0.15, 0.2) is 21.5 Å². The molecule has 1 aliphatic heterocycles. The van der Waals surface area contributed by atoms with Gasteiger partial charge >= 0.3 is 0 Å². The number of H-pyrrole nitrogens is 1. The lowest BCUT2D eigenvalue weighted by atomic mass is 9.89. The topological polar surface area (TPSA) is 92.1 Å². The molecule has 0 radical (unpaired) electrons. The van der Waals surface area contributed by atoms with Crippen LogP contribution in [0.5, 0.6) is 0 Å². The Kier molecular flexibility index (Phi) is 5.01. The molecule has 0 atom stereocenters. The normalized spacial score (nSPS) is 15.8. The van der Waals surface area contributed by atoms with Crippen molar-refractivity contribution < 1.29 is 9.32 Å². The highest BCUT2D eigenvalue weighted by molar-refractivity contribution is 5.76. The smallest absolute Gasteiger partial charge is 0.264 e. The summed E-state index contributed by atoms with van der Waals surface area (Å²) < 4.78 is 5.33. The lowest BCUT2D eigenvalue weighted by Crippen LogP contribution is -2.38. The number of aromatic nitrogens is 3. The Balaban J connectivity index is 1.78. The Bertz CT molecular complexity index is 801. The van der Waals surface area contributed by atoms with Crippen molar-refractivity contribution >= 4 is 5.91 Å². The van der Waals surface area contributed by atoms with E-state index in [9.17, 15) is 9.59 Å². The monoisotopic (exact) mass is 344 g/mol. The Morgan fingerprint density at radius 1 is 1.36 bits per heavy atom. The van der Waals surface area contributed by atoms with Crippen LogP contribution in [0.3, 0.4) is 0 Å². The molecule has 0 unspecified atom stereocenters. The summed E-state index contributed by atoms with van der Waals surface area (Å²) in [5.74, 6) is 1.33. The molecule has 3 rings (SSSR count). The average molecular weight is 344 g/mol. The van der Waals surface area contributed by atoms with Gasteiger partial charge in [0.2, 0.25) is 5.91 Å². The zero-order chi connectivity index (χ0) is 18.0. The van der Waals surface area contributed by atoms with Crippen LogP contribution in [-0.4, -0.2) is 39.3 Å². The van der Waals surface area contributed by atoms with Gasteiger partial charge in [-0.1, -0.05) is 19.0 Å². The number of hydrogen-bond acceptors (Lipinski definition) is 5. The molecule has 134 valence electrons. The summed E-state index contributed by atoms with van der Waals surface area (Å²) in [4.78, 5) is 25.9. The fourth-order valence-corrected chi connectivity index (χ4v) is 3.29. The third-order valence-electron chi connectivity index (χ3n) is 4.55. The maximum absolute atomic E-state index is 12.2. The van der Waals surface area contributed by atoms with Crippen molar-refractivity contribution in [3.63, 3.8) is 0 Å². The van der Waals surface area contributed by atoms with E-state index in [1.54, 1.807) is 6.07 Å². The zero-order valence-corrected chi connectivity index (χ0v) is 14.9. The minimum Gasteiger partial charge on any atom is -0.356 e. The molecule has 1 saturated heterocycles. The van der Waals surface area contributed by atoms with E-state index >= 15 is 0 Å². The van der Waals surface area contributed by atoms with Gasteiger partial charge in [0.05, 0.1) is 11.4 Å². The number of rotatable bonds is 4. The van der Waals surface area contributed by atoms with E-state index in [1.807, 2.05) is 11.8 Å². The second-order valence-electron chi connectivity index (χ2n) is 7.12. The minimum absolute atomic E-state index is 0.181. The highest BCUT2D eigenvalue weighted by Crippen LogP contribution is 2.33. The summed E-state index contributed by atoms with van der Waals surface area (Å²) in [6, 6.07) is 3.32. The molecule has 3 heterocycles. The molecule has 1 aliphatic rings. The molecule has 2 aromatic rings. The Morgan fingerprint density at radius 2 is 2.08 bits per heavy atom. The number of nitrogens with one attached hydrogen (secondary N) is 1. The van der Waals surface area contributed by atoms with Gasteiger partial charge in [-0.05, 0) is 25.7 Å². The SMILES string of the molecule is Cc1cc(-c2cc(=O)[nH]nc2C2CCN(C(=O)CC(C)C)CC2)on1. The van der Waals surface area contributed by atoms with Gasteiger partial charge in [0.1, 0.15) is 0 Å². The Labute approximate surface area is 146 Å². The van der Waals surface area contributed by atoms with Crippen molar-refractivity contribution in [2.24, 2.45) is 5.92 Å². The molecule has 25 heavy (non-hydrogen) atoms. The molecule has 0 bridgehead atoms. The van der Waals surface area contributed by atoms with Crippen LogP contribution in [0.25, 0.3) is 11.3 Å². The van der Waals surface area contributed by atoms with Gasteiger partial charge in [-0.2, -0.15) is 5.10 Å². The predicted octanol–water partition coefficient (Wildman–Crippen LogP) is 2.49. The molecule has 2 aromatic heterocycles. The van der Waals surface area contributed by atoms with Gasteiger partial charge in [-0.15, -0.1) is 0 Å². The molecule has 0 aromatic carbocycles. The second kappa shape index (κ2) is 7.21. The largest absolute Gasteiger partial charge is 0.356 e. The van der Waals surface area contributed by atoms with E-state index < -0.39 is 0 Å². The molecule has 7 nitrogen and oxygen atoms in total. The first-order valence-corrected chi connectivity index (χ1v) is 8.75. The van der Waals surface area contributed by atoms with E-state index in [4.69, 9.17) is 4.52 Å². The second-order valence-corrected chi connectivity index (χ2v) is 7.12. The van der Waals surface area contributed by atoms with Gasteiger partial charge in [0.25, 0.3) is 5.56 Å². The number of carbonyl (C=O) groups excluding carboxylic acids is 1. The fourth-order valence-electron chi connectivity index (χ4n) is 3.29. The Hall–Kier alpha value is -2.44. The van der Waals surface area contributed by atoms with Crippen molar-refractivity contribution in [2.45, 2.75) is 46.0 Å². The van der Waals surface area contributed by atoms with Crippen LogP contribution < -0.4 is 5.56 Å². The van der Waals surface area contributed by atoms with Gasteiger partial charge in [-0.25, -0.2) is 5.10 Å². The molecule has 0 aliphatic carbocycles. The van der Waals surface area contributed by atoms with Crippen LogP contribution in [0, 0.1) is 12.8 Å². The van der Waals surface area contributed by atoms with Crippen LogP contribution in [0.1, 0.15) is 50.4 Å². The molecular weight excluding hydrogens is 320 g/mol. The number of amides is 1. The number of piperidine rings is 1. The van der Waals surface area contributed by atoms with Crippen LogP contribution in [-0.2, 0) is 4.79 Å². The number of aryl methyl sites for hydroxylation is 1. The summed E-state index contributed by atoms with van der Waals surface area (Å²) in [5, 5.41) is 10.7. The number of nitrogens with zero attached hydrogens (tertiary/aromatic N) is 3. The molecule has 0 spiro atoms. The fraction of sp³-hybridized carbons (Fsp3) is 0.556. The van der Waals surface area contributed by atoms with Crippen LogP contribution in [0.2, 0.25) is 0 Å². The first-order chi connectivity index (χ1) is 11.9. The van der Waals surface area contributed by atoms with E-state index in [0.717, 1.165) is 24.2 Å². The van der Waals surface area contributed by atoms with E-state index in [0.29, 0.717) is 36.8 Å². The van der Waals surface area contributed by atoms with Crippen LogP contribution in [0.4, 0.5) is 0 Å². The zero-order valence-electron chi connectivity index (χ0n) is 14.9. The van der Waals surface area contributed by atoms with Gasteiger partial charge in [0, 0.05) is 43.1 Å². The number of hydrogen-bond donors (Lipinski definition) is 1. The van der Waals surface area contributed by atoms with E-state index in [2.05, 4.69) is 29.2 Å². The maximum Gasteiger partial charge on any atom is 0.264 e. The molecule has 1 amide bonds. The van der Waals surface area contributed by atoms with Crippen molar-refractivity contribution in [1.29, 1.82) is 0 Å². The summed E-state index contributed by atoms with van der Waals surface area (Å²) in [6.45, 7) is 7.38. The average Bonchev–Trinajstić information content (AvgIpc) is 3.01. The first-order valence-electron chi connectivity index (χ1n) is 8.75. The quantitative estimate of drug-likeness (QED) is 0.920. The number of aromatic amines is 1. The third kappa shape index (κ3) is 3.97. The third-order valence-corrected chi connectivity index (χ3v) is 4.55. The molecule has 1 fully saturated rings. The summed E-state index contributed by atoms with van der Waals surface area (Å²) in [6.07, 6.45) is 2.23. The summed E-state index contributed by atoms with van der Waals surface area (Å²) >= 11 is 0. The van der Waals surface area contributed by atoms with E-state index in [1.165, 1.54) is 6.07 Å². The first kappa shape index (κ1) is 17.4. The molecular formula is C18H24N4O3. The van der Waals surface area contributed by atoms with Gasteiger partial charge in [-0.3, -0.25) is 9.59 Å². The molecule has 7 heteroatoms. The van der Waals surface area contributed by atoms with Crippen molar-refractivity contribution in [2.75, 3.05) is 13.1 Å². The van der Waals surface area contributed by atoms with E-state index in [-0.39, 0.29) is 17.4 Å². The standard InChI is InChI=1S/C18H24N4O3/c1-11(2)8-17(24)22-6-4-13(5-7-22)18-14(10-16(23)19-20-18)15-9-12(3)21-25-15/h9-11,13H,4-8H2,1-3H3,(H,19,23). The Morgan fingerprint density at radius 3 is 2.68 bits per heavy atom. The number of carbonyl (C=O) groups is 1. The minimum atomic E-state index is -0.266. The maximum atomic E-state index is 12.2. The van der Waals surface area contributed by atoms with Crippen LogP contribution >= 0.6 is 0 Å². The lowest BCUT2D eigenvalue weighted by Gasteiger charge is -2.32. The van der Waals surface area contributed by atoms with Crippen molar-refractivity contribution in [1.82, 2.24) is 20.3 Å². The lowest BCUT2D eigenvalue weighted by molar-refractivity contribution is -0.133. The summed E-state index contributed by atoms with van der Waals surface area (Å²) in [5.41, 5.74) is 2.00. The number of likely N-dealkylation sites (tertiary alicyclic amines) is 1. The predicted molar refractivity (Wildman–Crippen MR) is 93.1 cm³/mol. The highest BCUT2D eigenvalue weighted by Gasteiger charge is 2.28. The van der Waals surface area contributed by atoms with Gasteiger partial charge in [0.15, 0.2) is 5.76 Å².